The minimum absolute atomic E-state index is 0.0174. The third kappa shape index (κ3) is 4.76. The zero-order valence-electron chi connectivity index (χ0n) is 16.4. The first-order valence-corrected chi connectivity index (χ1v) is 9.56. The lowest BCUT2D eigenvalue weighted by molar-refractivity contribution is -0.121. The number of carbonyl (C=O) groups excluding carboxylic acids is 1. The van der Waals surface area contributed by atoms with Crippen molar-refractivity contribution in [2.75, 3.05) is 24.5 Å². The highest BCUT2D eigenvalue weighted by Gasteiger charge is 2.23. The Balaban J connectivity index is 1.46. The molecule has 1 N–H and O–H groups in total. The van der Waals surface area contributed by atoms with E-state index in [1.807, 2.05) is 13.0 Å². The van der Waals surface area contributed by atoms with Crippen LogP contribution >= 0.6 is 0 Å². The van der Waals surface area contributed by atoms with Gasteiger partial charge in [0.15, 0.2) is 0 Å². The lowest BCUT2D eigenvalue weighted by Crippen LogP contribution is -2.33. The van der Waals surface area contributed by atoms with E-state index in [1.54, 1.807) is 11.5 Å². The van der Waals surface area contributed by atoms with Gasteiger partial charge in [0.1, 0.15) is 0 Å². The van der Waals surface area contributed by atoms with Crippen molar-refractivity contribution < 1.29 is 4.79 Å². The number of amides is 1. The fourth-order valence-electron chi connectivity index (χ4n) is 3.74. The normalized spacial score (nSPS) is 16.6. The molecule has 27 heavy (non-hydrogen) atoms. The molecule has 0 unspecified atom stereocenters. The maximum absolute atomic E-state index is 12.2. The Bertz CT molecular complexity index is 875. The maximum Gasteiger partial charge on any atom is 0.347 e. The van der Waals surface area contributed by atoms with Gasteiger partial charge in [0.2, 0.25) is 5.91 Å². The van der Waals surface area contributed by atoms with E-state index >= 15 is 0 Å². The van der Waals surface area contributed by atoms with E-state index < -0.39 is 0 Å². The van der Waals surface area contributed by atoms with E-state index in [0.717, 1.165) is 25.2 Å². The molecule has 6 nitrogen and oxygen atoms in total. The Morgan fingerprint density at radius 2 is 2.04 bits per heavy atom. The van der Waals surface area contributed by atoms with Gasteiger partial charge in [-0.25, -0.2) is 4.79 Å². The van der Waals surface area contributed by atoms with Gasteiger partial charge in [0.25, 0.3) is 0 Å². The van der Waals surface area contributed by atoms with E-state index in [-0.39, 0.29) is 11.6 Å². The number of benzene rings is 1. The molecule has 1 atom stereocenters. The minimum Gasteiger partial charge on any atom is -0.371 e. The van der Waals surface area contributed by atoms with Crippen LogP contribution in [0.5, 0.6) is 0 Å². The number of nitrogens with one attached hydrogen (secondary N) is 1. The third-order valence-corrected chi connectivity index (χ3v) is 5.24. The summed E-state index contributed by atoms with van der Waals surface area (Å²) in [6, 6.07) is 10.3. The number of aromatic nitrogens is 2. The second-order valence-corrected chi connectivity index (χ2v) is 7.41. The molecule has 1 aliphatic heterocycles. The molecule has 1 saturated heterocycles. The molecule has 1 aromatic carbocycles. The summed E-state index contributed by atoms with van der Waals surface area (Å²) in [4.78, 5) is 30.5. The van der Waals surface area contributed by atoms with Gasteiger partial charge < -0.3 is 10.2 Å². The quantitative estimate of drug-likeness (QED) is 0.849. The second kappa shape index (κ2) is 8.37. The number of nitrogens with zero attached hydrogens (tertiary/aromatic N) is 3. The largest absolute Gasteiger partial charge is 0.371 e. The van der Waals surface area contributed by atoms with Crippen molar-refractivity contribution in [1.82, 2.24) is 14.9 Å². The number of para-hydroxylation sites is 1. The van der Waals surface area contributed by atoms with Crippen molar-refractivity contribution in [1.29, 1.82) is 0 Å². The van der Waals surface area contributed by atoms with Crippen LogP contribution in [-0.4, -0.2) is 35.1 Å². The lowest BCUT2D eigenvalue weighted by Gasteiger charge is -2.21. The molecular weight excluding hydrogens is 340 g/mol. The van der Waals surface area contributed by atoms with Gasteiger partial charge in [-0.1, -0.05) is 18.2 Å². The van der Waals surface area contributed by atoms with Crippen LogP contribution in [-0.2, 0) is 11.3 Å². The van der Waals surface area contributed by atoms with Crippen LogP contribution in [0.15, 0.2) is 35.1 Å². The highest BCUT2D eigenvalue weighted by atomic mass is 16.2. The van der Waals surface area contributed by atoms with E-state index in [4.69, 9.17) is 0 Å². The molecule has 2 heterocycles. The zero-order chi connectivity index (χ0) is 19.4. The Kier molecular flexibility index (Phi) is 5.94. The summed E-state index contributed by atoms with van der Waals surface area (Å²) < 4.78 is 1.56. The van der Waals surface area contributed by atoms with E-state index in [9.17, 15) is 9.59 Å². The van der Waals surface area contributed by atoms with Crippen LogP contribution in [0.2, 0.25) is 0 Å². The average Bonchev–Trinajstić information content (AvgIpc) is 3.08. The number of hydrogen-bond donors (Lipinski definition) is 1. The highest BCUT2D eigenvalue weighted by Crippen LogP contribution is 2.26. The molecule has 1 amide bonds. The molecule has 1 aliphatic rings. The van der Waals surface area contributed by atoms with Crippen molar-refractivity contribution in [3.8, 4) is 0 Å². The van der Waals surface area contributed by atoms with Gasteiger partial charge in [-0.05, 0) is 50.8 Å². The topological polar surface area (TPSA) is 67.2 Å². The molecule has 0 saturated carbocycles. The van der Waals surface area contributed by atoms with Crippen LogP contribution in [0.3, 0.4) is 0 Å². The summed E-state index contributed by atoms with van der Waals surface area (Å²) in [6.45, 7) is 8.83. The Morgan fingerprint density at radius 1 is 1.26 bits per heavy atom. The first-order valence-electron chi connectivity index (χ1n) is 9.56. The molecule has 1 aromatic heterocycles. The first kappa shape index (κ1) is 19.1. The summed E-state index contributed by atoms with van der Waals surface area (Å²) >= 11 is 0. The smallest absolute Gasteiger partial charge is 0.347 e. The number of rotatable bonds is 6. The average molecular weight is 368 g/mol. The Morgan fingerprint density at radius 3 is 2.78 bits per heavy atom. The third-order valence-electron chi connectivity index (χ3n) is 5.24. The molecule has 3 rings (SSSR count). The summed E-state index contributed by atoms with van der Waals surface area (Å²) in [6.07, 6.45) is 1.37. The highest BCUT2D eigenvalue weighted by molar-refractivity contribution is 5.75. The summed E-state index contributed by atoms with van der Waals surface area (Å²) in [5, 5.41) is 3.03. The zero-order valence-corrected chi connectivity index (χ0v) is 16.4. The molecule has 0 spiro atoms. The SMILES string of the molecule is Cc1cc(C)n(CCC(=O)NC[C@H]2CCN(c3ccccc3C)C2)c(=O)n1. The second-order valence-electron chi connectivity index (χ2n) is 7.41. The molecule has 1 fully saturated rings. The summed E-state index contributed by atoms with van der Waals surface area (Å²) in [5.74, 6) is 0.440. The van der Waals surface area contributed by atoms with Crippen LogP contribution < -0.4 is 15.9 Å². The first-order chi connectivity index (χ1) is 12.9. The molecule has 0 radical (unpaired) electrons. The van der Waals surface area contributed by atoms with Gasteiger partial charge in [-0.15, -0.1) is 0 Å². The predicted octanol–water partition coefficient (Wildman–Crippen LogP) is 2.20. The molecule has 0 bridgehead atoms. The summed E-state index contributed by atoms with van der Waals surface area (Å²) in [7, 11) is 0. The number of anilines is 1. The van der Waals surface area contributed by atoms with Crippen LogP contribution in [0, 0.1) is 26.7 Å². The standard InChI is InChI=1S/C21H28N4O2/c1-15-6-4-5-7-19(15)24-10-8-18(14-24)13-22-20(26)9-11-25-17(3)12-16(2)23-21(25)27/h4-7,12,18H,8-11,13-14H2,1-3H3,(H,22,26)/t18-/m1/s1. The number of carbonyl (C=O) groups is 1. The molecule has 6 heteroatoms. The molecule has 144 valence electrons. The van der Waals surface area contributed by atoms with Gasteiger partial charge >= 0.3 is 5.69 Å². The minimum atomic E-state index is -0.287. The Labute approximate surface area is 160 Å². The van der Waals surface area contributed by atoms with Crippen molar-refractivity contribution in [3.63, 3.8) is 0 Å². The van der Waals surface area contributed by atoms with Crippen LogP contribution in [0.1, 0.15) is 29.8 Å². The van der Waals surface area contributed by atoms with Crippen LogP contribution in [0.25, 0.3) is 0 Å². The molecule has 0 aliphatic carbocycles. The van der Waals surface area contributed by atoms with Crippen molar-refractivity contribution >= 4 is 11.6 Å². The Hall–Kier alpha value is -2.63. The fourth-order valence-corrected chi connectivity index (χ4v) is 3.74. The van der Waals surface area contributed by atoms with Gasteiger partial charge in [0, 0.05) is 49.7 Å². The van der Waals surface area contributed by atoms with Gasteiger partial charge in [-0.3, -0.25) is 9.36 Å². The van der Waals surface area contributed by atoms with E-state index in [2.05, 4.69) is 46.4 Å². The maximum atomic E-state index is 12.2. The van der Waals surface area contributed by atoms with Gasteiger partial charge in [-0.2, -0.15) is 4.98 Å². The van der Waals surface area contributed by atoms with Gasteiger partial charge in [0.05, 0.1) is 0 Å². The lowest BCUT2D eigenvalue weighted by atomic mass is 10.1. The molecular formula is C21H28N4O2. The van der Waals surface area contributed by atoms with Crippen LogP contribution in [0.4, 0.5) is 5.69 Å². The van der Waals surface area contributed by atoms with Crippen molar-refractivity contribution in [2.24, 2.45) is 5.92 Å². The molecule has 2 aromatic rings. The predicted molar refractivity (Wildman–Crippen MR) is 107 cm³/mol. The number of aryl methyl sites for hydroxylation is 3. The van der Waals surface area contributed by atoms with E-state index in [1.165, 1.54) is 11.3 Å². The fraction of sp³-hybridized carbons (Fsp3) is 0.476. The number of hydrogen-bond acceptors (Lipinski definition) is 4. The monoisotopic (exact) mass is 368 g/mol. The van der Waals surface area contributed by atoms with Crippen molar-refractivity contribution in [2.45, 2.75) is 40.2 Å². The van der Waals surface area contributed by atoms with E-state index in [0.29, 0.717) is 31.1 Å². The summed E-state index contributed by atoms with van der Waals surface area (Å²) in [5.41, 5.74) is 3.83. The van der Waals surface area contributed by atoms with Crippen molar-refractivity contribution in [3.05, 3.63) is 57.8 Å².